The van der Waals surface area contributed by atoms with Gasteiger partial charge >= 0.3 is 0 Å². The summed E-state index contributed by atoms with van der Waals surface area (Å²) in [5, 5.41) is 0. The molecule has 0 spiro atoms. The highest BCUT2D eigenvalue weighted by Gasteiger charge is 2.29. The van der Waals surface area contributed by atoms with Gasteiger partial charge in [0.1, 0.15) is 5.69 Å². The first-order valence-corrected chi connectivity index (χ1v) is 8.82. The maximum absolute atomic E-state index is 12.7. The molecule has 26 heavy (non-hydrogen) atoms. The van der Waals surface area contributed by atoms with E-state index < -0.39 is 0 Å². The van der Waals surface area contributed by atoms with Gasteiger partial charge in [-0.25, -0.2) is 0 Å². The normalized spacial score (nSPS) is 18.6. The number of Topliss-reactive ketones (excluding diaryl/α,β-unsaturated/α-hetero) is 1. The van der Waals surface area contributed by atoms with E-state index in [2.05, 4.69) is 4.98 Å². The summed E-state index contributed by atoms with van der Waals surface area (Å²) in [6, 6.07) is 10.9. The van der Waals surface area contributed by atoms with Crippen molar-refractivity contribution in [2.75, 3.05) is 19.9 Å². The molecule has 0 aliphatic carbocycles. The minimum absolute atomic E-state index is 0.0196. The molecule has 1 fully saturated rings. The number of rotatable bonds is 4. The Hall–Kier alpha value is -2.89. The summed E-state index contributed by atoms with van der Waals surface area (Å²) in [5.41, 5.74) is 1.36. The first-order chi connectivity index (χ1) is 12.7. The topological polar surface area (TPSA) is 68.7 Å². The molecule has 0 saturated carbocycles. The first kappa shape index (κ1) is 16.6. The molecule has 1 aromatic heterocycles. The highest BCUT2D eigenvalue weighted by atomic mass is 16.7. The summed E-state index contributed by atoms with van der Waals surface area (Å²) in [7, 11) is 0. The number of carbonyl (C=O) groups is 2. The fraction of sp³-hybridized carbons (Fsp3) is 0.350. The Morgan fingerprint density at radius 1 is 1.15 bits per heavy atom. The SMILES string of the molecule is O=C(c1ccccn1)[C@H]1CCCN(C(=O)Cc2ccc3c(c2)OCO3)C1. The monoisotopic (exact) mass is 352 g/mol. The molecule has 1 aromatic carbocycles. The summed E-state index contributed by atoms with van der Waals surface area (Å²) >= 11 is 0. The molecule has 4 rings (SSSR count). The number of benzene rings is 1. The molecule has 6 heteroatoms. The van der Waals surface area contributed by atoms with Gasteiger partial charge in [-0.1, -0.05) is 12.1 Å². The zero-order valence-corrected chi connectivity index (χ0v) is 14.4. The number of nitrogens with zero attached hydrogens (tertiary/aromatic N) is 2. The van der Waals surface area contributed by atoms with E-state index in [1.54, 1.807) is 23.2 Å². The van der Waals surface area contributed by atoms with Gasteiger partial charge in [0, 0.05) is 25.2 Å². The number of likely N-dealkylation sites (tertiary alicyclic amines) is 1. The van der Waals surface area contributed by atoms with E-state index in [0.29, 0.717) is 36.7 Å². The van der Waals surface area contributed by atoms with Gasteiger partial charge in [0.2, 0.25) is 12.7 Å². The van der Waals surface area contributed by atoms with Crippen LogP contribution in [0.1, 0.15) is 28.9 Å². The molecule has 0 unspecified atom stereocenters. The third-order valence-corrected chi connectivity index (χ3v) is 4.85. The van der Waals surface area contributed by atoms with Crippen molar-refractivity contribution < 1.29 is 19.1 Å². The molecule has 0 bridgehead atoms. The Labute approximate surface area is 151 Å². The lowest BCUT2D eigenvalue weighted by Crippen LogP contribution is -2.43. The summed E-state index contributed by atoms with van der Waals surface area (Å²) in [6.45, 7) is 1.37. The Morgan fingerprint density at radius 2 is 2.04 bits per heavy atom. The van der Waals surface area contributed by atoms with Crippen molar-refractivity contribution in [2.24, 2.45) is 5.92 Å². The Kier molecular flexibility index (Phi) is 4.56. The van der Waals surface area contributed by atoms with E-state index in [0.717, 1.165) is 18.4 Å². The molecule has 6 nitrogen and oxygen atoms in total. The summed E-state index contributed by atoms with van der Waals surface area (Å²) in [4.78, 5) is 31.3. The molecule has 1 amide bonds. The molecule has 2 aliphatic heterocycles. The van der Waals surface area contributed by atoms with Crippen LogP contribution in [-0.4, -0.2) is 41.5 Å². The number of piperidine rings is 1. The molecular weight excluding hydrogens is 332 g/mol. The number of pyridine rings is 1. The number of ether oxygens (including phenoxy) is 2. The molecule has 134 valence electrons. The van der Waals surface area contributed by atoms with E-state index in [1.807, 2.05) is 24.3 Å². The Balaban J connectivity index is 1.41. The fourth-order valence-electron chi connectivity index (χ4n) is 3.47. The first-order valence-electron chi connectivity index (χ1n) is 8.82. The van der Waals surface area contributed by atoms with E-state index >= 15 is 0 Å². The predicted octanol–water partition coefficient (Wildman–Crippen LogP) is 2.47. The minimum atomic E-state index is -0.181. The average molecular weight is 352 g/mol. The van der Waals surface area contributed by atoms with Gasteiger partial charge in [0.25, 0.3) is 0 Å². The number of hydrogen-bond acceptors (Lipinski definition) is 5. The van der Waals surface area contributed by atoms with Crippen LogP contribution in [0.3, 0.4) is 0 Å². The highest BCUT2D eigenvalue weighted by molar-refractivity contribution is 5.96. The third-order valence-electron chi connectivity index (χ3n) is 4.85. The van der Waals surface area contributed by atoms with Crippen LogP contribution in [0, 0.1) is 5.92 Å². The lowest BCUT2D eigenvalue weighted by Gasteiger charge is -2.32. The lowest BCUT2D eigenvalue weighted by atomic mass is 9.91. The van der Waals surface area contributed by atoms with Gasteiger partial charge in [0.15, 0.2) is 17.3 Å². The number of fused-ring (bicyclic) bond motifs is 1. The van der Waals surface area contributed by atoms with Gasteiger partial charge < -0.3 is 14.4 Å². The van der Waals surface area contributed by atoms with Crippen LogP contribution >= 0.6 is 0 Å². The molecule has 1 atom stereocenters. The molecule has 0 radical (unpaired) electrons. The number of carbonyl (C=O) groups excluding carboxylic acids is 2. The van der Waals surface area contributed by atoms with E-state index in [9.17, 15) is 9.59 Å². The van der Waals surface area contributed by atoms with Crippen molar-refractivity contribution in [2.45, 2.75) is 19.3 Å². The van der Waals surface area contributed by atoms with Crippen LogP contribution < -0.4 is 9.47 Å². The van der Waals surface area contributed by atoms with E-state index in [1.165, 1.54) is 0 Å². The summed E-state index contributed by atoms with van der Waals surface area (Å²) in [5.74, 6) is 1.25. The number of aromatic nitrogens is 1. The largest absolute Gasteiger partial charge is 0.454 e. The van der Waals surface area contributed by atoms with Crippen molar-refractivity contribution in [3.63, 3.8) is 0 Å². The summed E-state index contributed by atoms with van der Waals surface area (Å²) in [6.07, 6.45) is 3.54. The van der Waals surface area contributed by atoms with Gasteiger partial charge in [-0.3, -0.25) is 14.6 Å². The second-order valence-electron chi connectivity index (χ2n) is 6.62. The van der Waals surface area contributed by atoms with Crippen molar-refractivity contribution in [1.82, 2.24) is 9.88 Å². The zero-order chi connectivity index (χ0) is 17.9. The van der Waals surface area contributed by atoms with Gasteiger partial charge in [-0.15, -0.1) is 0 Å². The molecule has 3 heterocycles. The lowest BCUT2D eigenvalue weighted by molar-refractivity contribution is -0.131. The third kappa shape index (κ3) is 3.40. The average Bonchev–Trinajstić information content (AvgIpc) is 3.16. The second kappa shape index (κ2) is 7.15. The number of hydrogen-bond donors (Lipinski definition) is 0. The van der Waals surface area contributed by atoms with Crippen LogP contribution in [0.5, 0.6) is 11.5 Å². The van der Waals surface area contributed by atoms with Crippen molar-refractivity contribution in [3.05, 3.63) is 53.9 Å². The number of amides is 1. The highest BCUT2D eigenvalue weighted by Crippen LogP contribution is 2.32. The van der Waals surface area contributed by atoms with Crippen LogP contribution in [-0.2, 0) is 11.2 Å². The van der Waals surface area contributed by atoms with Crippen molar-refractivity contribution >= 4 is 11.7 Å². The smallest absolute Gasteiger partial charge is 0.231 e. The van der Waals surface area contributed by atoms with Crippen LogP contribution in [0.25, 0.3) is 0 Å². The minimum Gasteiger partial charge on any atom is -0.454 e. The fourth-order valence-corrected chi connectivity index (χ4v) is 3.47. The molecule has 1 saturated heterocycles. The molecule has 2 aliphatic rings. The maximum atomic E-state index is 12.7. The maximum Gasteiger partial charge on any atom is 0.231 e. The van der Waals surface area contributed by atoms with Crippen molar-refractivity contribution in [1.29, 1.82) is 0 Å². The van der Waals surface area contributed by atoms with Crippen LogP contribution in [0.15, 0.2) is 42.6 Å². The Morgan fingerprint density at radius 3 is 2.88 bits per heavy atom. The van der Waals surface area contributed by atoms with Gasteiger partial charge in [-0.05, 0) is 42.7 Å². The number of ketones is 1. The zero-order valence-electron chi connectivity index (χ0n) is 14.4. The molecular formula is C20H20N2O4. The molecule has 2 aromatic rings. The Bertz CT molecular complexity index is 822. The van der Waals surface area contributed by atoms with Gasteiger partial charge in [-0.2, -0.15) is 0 Å². The predicted molar refractivity (Wildman–Crippen MR) is 94.1 cm³/mol. The molecule has 0 N–H and O–H groups in total. The quantitative estimate of drug-likeness (QED) is 0.791. The van der Waals surface area contributed by atoms with Crippen LogP contribution in [0.2, 0.25) is 0 Å². The van der Waals surface area contributed by atoms with Crippen molar-refractivity contribution in [3.8, 4) is 11.5 Å². The standard InChI is InChI=1S/C20H20N2O4/c23-19(11-14-6-7-17-18(10-14)26-13-25-17)22-9-3-4-15(12-22)20(24)16-5-1-2-8-21-16/h1-2,5-8,10,15H,3-4,9,11-13H2/t15-/m0/s1. The van der Waals surface area contributed by atoms with E-state index in [4.69, 9.17) is 9.47 Å². The van der Waals surface area contributed by atoms with E-state index in [-0.39, 0.29) is 24.4 Å². The van der Waals surface area contributed by atoms with Gasteiger partial charge in [0.05, 0.1) is 6.42 Å². The second-order valence-corrected chi connectivity index (χ2v) is 6.62. The van der Waals surface area contributed by atoms with Crippen LogP contribution in [0.4, 0.5) is 0 Å². The summed E-state index contributed by atoms with van der Waals surface area (Å²) < 4.78 is 10.7.